The fourth-order valence-electron chi connectivity index (χ4n) is 0.451. The molecule has 0 saturated heterocycles. The minimum Gasteiger partial charge on any atom is -0.394 e. The lowest BCUT2D eigenvalue weighted by molar-refractivity contribution is 0.0222. The van der Waals surface area contributed by atoms with E-state index in [1.807, 2.05) is 0 Å². The van der Waals surface area contributed by atoms with Crippen LogP contribution in [-0.4, -0.2) is 65.4 Å². The van der Waals surface area contributed by atoms with Gasteiger partial charge in [0, 0.05) is 0 Å². The lowest BCUT2D eigenvalue weighted by atomic mass is 10.7. The second-order valence-corrected chi connectivity index (χ2v) is 2.89. The molecule has 0 amide bonds. The monoisotopic (exact) mass is 246 g/mol. The zero-order valence-electron chi connectivity index (χ0n) is 8.63. The van der Waals surface area contributed by atoms with Crippen LogP contribution in [0.25, 0.3) is 0 Å². The van der Waals surface area contributed by atoms with Crippen LogP contribution in [0.4, 0.5) is 0 Å². The molecule has 0 fully saturated rings. The van der Waals surface area contributed by atoms with Gasteiger partial charge in [0.2, 0.25) is 0 Å². The summed E-state index contributed by atoms with van der Waals surface area (Å²) in [6.45, 7) is 1.73. The predicted octanol–water partition coefficient (Wildman–Crippen LogP) is -1.84. The van der Waals surface area contributed by atoms with Crippen LogP contribution in [0, 0.1) is 0 Å². The summed E-state index contributed by atoms with van der Waals surface area (Å²) in [5.74, 6) is 0. The molecule has 0 rings (SSSR count). The summed E-state index contributed by atoms with van der Waals surface area (Å²) < 4.78 is 31.8. The van der Waals surface area contributed by atoms with E-state index >= 15 is 0 Å². The van der Waals surface area contributed by atoms with Gasteiger partial charge in [0.25, 0.3) is 11.0 Å². The van der Waals surface area contributed by atoms with Crippen LogP contribution in [0.1, 0.15) is 0 Å². The molecule has 0 aromatic carbocycles. The van der Waals surface area contributed by atoms with Crippen LogP contribution in [0.5, 0.6) is 0 Å². The van der Waals surface area contributed by atoms with Crippen LogP contribution in [0.15, 0.2) is 0 Å². The highest BCUT2D eigenvalue weighted by Crippen LogP contribution is 1.76. The standard InChI is InChI=1S/C6H14O4.CH4O3S/c7-1-3-9-5-6-10-4-2-8;1-4-5(2)3/h7-8H,1-6H2;5H,1H3. The van der Waals surface area contributed by atoms with Gasteiger partial charge in [-0.3, -0.25) is 4.18 Å². The van der Waals surface area contributed by atoms with Gasteiger partial charge in [-0.2, -0.15) is 0 Å². The minimum absolute atomic E-state index is 0.0417. The molecule has 0 aliphatic heterocycles. The number of aliphatic hydroxyl groups is 2. The van der Waals surface area contributed by atoms with Gasteiger partial charge in [-0.1, -0.05) is 0 Å². The number of hydrogen-bond donors (Lipinski definition) is 3. The van der Waals surface area contributed by atoms with Crippen molar-refractivity contribution in [1.82, 2.24) is 0 Å². The molecule has 0 spiro atoms. The van der Waals surface area contributed by atoms with Gasteiger partial charge < -0.3 is 19.7 Å². The molecule has 0 saturated carbocycles. The number of thiol groups is 1. The van der Waals surface area contributed by atoms with Gasteiger partial charge in [0.1, 0.15) is 0 Å². The van der Waals surface area contributed by atoms with Gasteiger partial charge in [0.05, 0.1) is 46.8 Å². The van der Waals surface area contributed by atoms with E-state index in [0.29, 0.717) is 26.4 Å². The smallest absolute Gasteiger partial charge is 0.256 e. The topological polar surface area (TPSA) is 102 Å². The molecule has 0 unspecified atom stereocenters. The zero-order valence-corrected chi connectivity index (χ0v) is 9.52. The number of hydrogen-bond acceptors (Lipinski definition) is 7. The third kappa shape index (κ3) is 24.8. The summed E-state index contributed by atoms with van der Waals surface area (Å²) in [5, 5.41) is 16.5. The number of ether oxygens (including phenoxy) is 2. The highest BCUT2D eigenvalue weighted by Gasteiger charge is 1.86. The van der Waals surface area contributed by atoms with Gasteiger partial charge in [0.15, 0.2) is 0 Å². The zero-order chi connectivity index (χ0) is 11.9. The molecule has 0 atom stereocenters. The van der Waals surface area contributed by atoms with Crippen molar-refractivity contribution >= 4 is 11.0 Å². The summed E-state index contributed by atoms with van der Waals surface area (Å²) >= 11 is 0. The third-order valence-electron chi connectivity index (χ3n) is 0.992. The molecule has 0 aliphatic carbocycles. The Kier molecular flexibility index (Phi) is 18.5. The first kappa shape index (κ1) is 17.2. The predicted molar refractivity (Wildman–Crippen MR) is 53.1 cm³/mol. The summed E-state index contributed by atoms with van der Waals surface area (Å²) in [7, 11) is -1.50. The first-order valence-corrected chi connectivity index (χ1v) is 5.34. The Labute approximate surface area is 90.7 Å². The van der Waals surface area contributed by atoms with E-state index in [1.165, 1.54) is 0 Å². The van der Waals surface area contributed by atoms with E-state index in [1.54, 1.807) is 0 Å². The van der Waals surface area contributed by atoms with Crippen LogP contribution in [0.3, 0.4) is 0 Å². The fraction of sp³-hybridized carbons (Fsp3) is 1.00. The van der Waals surface area contributed by atoms with Crippen molar-refractivity contribution in [2.24, 2.45) is 0 Å². The largest absolute Gasteiger partial charge is 0.394 e. The molecule has 0 bridgehead atoms. The lowest BCUT2D eigenvalue weighted by Gasteiger charge is -2.01. The minimum atomic E-state index is -2.60. The summed E-state index contributed by atoms with van der Waals surface area (Å²) in [4.78, 5) is 0. The SMILES string of the molecule is CO[SH](=O)=O.OCCOCCOCCO. The number of rotatable bonds is 8. The van der Waals surface area contributed by atoms with Gasteiger partial charge >= 0.3 is 0 Å². The highest BCUT2D eigenvalue weighted by molar-refractivity contribution is 7.67. The molecule has 94 valence electrons. The summed E-state index contributed by atoms with van der Waals surface area (Å²) in [6.07, 6.45) is 0. The van der Waals surface area contributed by atoms with Crippen LogP contribution >= 0.6 is 0 Å². The van der Waals surface area contributed by atoms with Crippen molar-refractivity contribution in [2.45, 2.75) is 0 Å². The van der Waals surface area contributed by atoms with Crippen molar-refractivity contribution in [2.75, 3.05) is 46.8 Å². The molecule has 8 heteroatoms. The van der Waals surface area contributed by atoms with Crippen molar-refractivity contribution in [3.05, 3.63) is 0 Å². The van der Waals surface area contributed by atoms with Gasteiger partial charge in [-0.25, -0.2) is 8.42 Å². The lowest BCUT2D eigenvalue weighted by Crippen LogP contribution is -2.09. The maximum atomic E-state index is 9.18. The first-order chi connectivity index (χ1) is 7.18. The first-order valence-electron chi connectivity index (χ1n) is 4.24. The second kappa shape index (κ2) is 16.2. The second-order valence-electron chi connectivity index (χ2n) is 2.08. The van der Waals surface area contributed by atoms with Crippen molar-refractivity contribution in [1.29, 1.82) is 0 Å². The van der Waals surface area contributed by atoms with E-state index in [-0.39, 0.29) is 13.2 Å². The molecule has 0 aliphatic rings. The van der Waals surface area contributed by atoms with Crippen molar-refractivity contribution < 1.29 is 32.3 Å². The van der Waals surface area contributed by atoms with E-state index in [0.717, 1.165) is 7.11 Å². The van der Waals surface area contributed by atoms with Crippen LogP contribution in [-0.2, 0) is 24.6 Å². The Balaban J connectivity index is 0. The molecule has 15 heavy (non-hydrogen) atoms. The average Bonchev–Trinajstić information content (AvgIpc) is 2.24. The number of aliphatic hydroxyl groups excluding tert-OH is 2. The normalized spacial score (nSPS) is 9.87. The van der Waals surface area contributed by atoms with Crippen LogP contribution < -0.4 is 0 Å². The molecule has 0 heterocycles. The quantitative estimate of drug-likeness (QED) is 0.342. The van der Waals surface area contributed by atoms with Crippen molar-refractivity contribution in [3.63, 3.8) is 0 Å². The molecule has 0 aromatic heterocycles. The highest BCUT2D eigenvalue weighted by atomic mass is 32.2. The van der Waals surface area contributed by atoms with Gasteiger partial charge in [-0.15, -0.1) is 0 Å². The van der Waals surface area contributed by atoms with Crippen LogP contribution in [0.2, 0.25) is 0 Å². The van der Waals surface area contributed by atoms with E-state index in [2.05, 4.69) is 4.18 Å². The van der Waals surface area contributed by atoms with Gasteiger partial charge in [-0.05, 0) is 0 Å². The average molecular weight is 246 g/mol. The molecule has 0 aromatic rings. The Morgan fingerprint density at radius 1 is 0.933 bits per heavy atom. The van der Waals surface area contributed by atoms with Crippen molar-refractivity contribution in [3.8, 4) is 0 Å². The molecule has 2 N–H and O–H groups in total. The van der Waals surface area contributed by atoms with E-state index < -0.39 is 11.0 Å². The van der Waals surface area contributed by atoms with E-state index in [4.69, 9.17) is 19.7 Å². The Hall–Kier alpha value is -0.250. The Bertz CT molecular complexity index is 155. The maximum Gasteiger partial charge on any atom is 0.256 e. The molecular weight excluding hydrogens is 228 g/mol. The third-order valence-corrected chi connectivity index (χ3v) is 1.29. The molecule has 0 radical (unpaired) electrons. The molecule has 7 nitrogen and oxygen atoms in total. The fourth-order valence-corrected chi connectivity index (χ4v) is 0.451. The Morgan fingerprint density at radius 3 is 1.47 bits per heavy atom. The maximum absolute atomic E-state index is 9.18. The molecular formula is C7H18O7S. The summed E-state index contributed by atoms with van der Waals surface area (Å²) in [6, 6.07) is 0. The van der Waals surface area contributed by atoms with E-state index in [9.17, 15) is 8.42 Å². The summed E-state index contributed by atoms with van der Waals surface area (Å²) in [5.41, 5.74) is 0. The Morgan fingerprint density at radius 2 is 1.27 bits per heavy atom.